The lowest BCUT2D eigenvalue weighted by Crippen LogP contribution is -2.49. The topological polar surface area (TPSA) is 44.4 Å². The minimum Gasteiger partial charge on any atom is -0.334 e. The Kier molecular flexibility index (Phi) is 3.69. The lowest BCUT2D eigenvalue weighted by atomic mass is 9.99. The molecule has 2 rings (SSSR count). The number of likely N-dealkylation sites (tertiary alicyclic amines) is 1. The van der Waals surface area contributed by atoms with E-state index < -0.39 is 0 Å². The smallest absolute Gasteiger partial charge is 0.317 e. The molecule has 4 nitrogen and oxygen atoms in total. The van der Waals surface area contributed by atoms with Crippen molar-refractivity contribution in [2.45, 2.75) is 32.7 Å². The largest absolute Gasteiger partial charge is 0.334 e. The molecule has 92 valence electrons. The van der Waals surface area contributed by atoms with E-state index in [1.54, 1.807) is 0 Å². The predicted molar refractivity (Wildman–Crippen MR) is 64.3 cm³/mol. The molecule has 0 aromatic rings. The summed E-state index contributed by atoms with van der Waals surface area (Å²) in [7, 11) is 0. The Hall–Kier alpha value is -0.770. The molecule has 2 saturated heterocycles. The molecule has 2 amide bonds. The fraction of sp³-hybridized carbons (Fsp3) is 0.917. The van der Waals surface area contributed by atoms with Crippen molar-refractivity contribution in [2.24, 2.45) is 11.8 Å². The molecule has 0 aromatic heterocycles. The first-order valence-electron chi connectivity index (χ1n) is 6.43. The van der Waals surface area contributed by atoms with Crippen molar-refractivity contribution in [3.63, 3.8) is 0 Å². The van der Waals surface area contributed by atoms with Gasteiger partial charge in [-0.15, -0.1) is 0 Å². The highest BCUT2D eigenvalue weighted by molar-refractivity contribution is 5.74. The second-order valence-electron chi connectivity index (χ2n) is 5.36. The van der Waals surface area contributed by atoms with Crippen molar-refractivity contribution < 1.29 is 4.79 Å². The lowest BCUT2D eigenvalue weighted by Gasteiger charge is -2.31. The van der Waals surface area contributed by atoms with Gasteiger partial charge in [0, 0.05) is 25.7 Å². The molecule has 2 fully saturated rings. The zero-order chi connectivity index (χ0) is 11.5. The van der Waals surface area contributed by atoms with Gasteiger partial charge in [0.1, 0.15) is 0 Å². The van der Waals surface area contributed by atoms with E-state index in [-0.39, 0.29) is 6.03 Å². The summed E-state index contributed by atoms with van der Waals surface area (Å²) >= 11 is 0. The average Bonchev–Trinajstić information content (AvgIpc) is 2.65. The number of hydrogen-bond donors (Lipinski definition) is 2. The van der Waals surface area contributed by atoms with Crippen molar-refractivity contribution in [1.82, 2.24) is 15.5 Å². The van der Waals surface area contributed by atoms with Crippen LogP contribution in [0, 0.1) is 11.8 Å². The Labute approximate surface area is 97.8 Å². The molecular formula is C12H23N3O. The number of nitrogens with one attached hydrogen (secondary N) is 2. The maximum absolute atomic E-state index is 12.0. The molecule has 0 spiro atoms. The minimum absolute atomic E-state index is 0.132. The van der Waals surface area contributed by atoms with Gasteiger partial charge in [-0.25, -0.2) is 4.79 Å². The van der Waals surface area contributed by atoms with Crippen LogP contribution >= 0.6 is 0 Å². The Morgan fingerprint density at radius 3 is 2.50 bits per heavy atom. The molecular weight excluding hydrogens is 202 g/mol. The first-order chi connectivity index (χ1) is 7.66. The van der Waals surface area contributed by atoms with Gasteiger partial charge in [-0.1, -0.05) is 13.8 Å². The molecule has 2 unspecified atom stereocenters. The van der Waals surface area contributed by atoms with Crippen LogP contribution in [0.5, 0.6) is 0 Å². The Bertz CT molecular complexity index is 249. The summed E-state index contributed by atoms with van der Waals surface area (Å²) < 4.78 is 0. The molecule has 16 heavy (non-hydrogen) atoms. The van der Waals surface area contributed by atoms with Gasteiger partial charge in [-0.3, -0.25) is 0 Å². The zero-order valence-corrected chi connectivity index (χ0v) is 10.3. The standard InChI is InChI=1S/C12H23N3O/c1-9-3-5-15(6-4-9)12(16)14-11-8-13-7-10(11)2/h9-11,13H,3-8H2,1-2H3,(H,14,16). The average molecular weight is 225 g/mol. The lowest BCUT2D eigenvalue weighted by molar-refractivity contribution is 0.169. The third-order valence-electron chi connectivity index (χ3n) is 3.90. The van der Waals surface area contributed by atoms with Gasteiger partial charge >= 0.3 is 6.03 Å². The van der Waals surface area contributed by atoms with Gasteiger partial charge in [0.2, 0.25) is 0 Å². The predicted octanol–water partition coefficient (Wildman–Crippen LogP) is 1.04. The summed E-state index contributed by atoms with van der Waals surface area (Å²) in [5, 5.41) is 6.44. The highest BCUT2D eigenvalue weighted by Crippen LogP contribution is 2.16. The van der Waals surface area contributed by atoms with E-state index in [1.165, 1.54) is 0 Å². The number of carbonyl (C=O) groups excluding carboxylic acids is 1. The van der Waals surface area contributed by atoms with E-state index in [0.29, 0.717) is 12.0 Å². The van der Waals surface area contributed by atoms with E-state index >= 15 is 0 Å². The second kappa shape index (κ2) is 5.04. The Morgan fingerprint density at radius 2 is 1.94 bits per heavy atom. The van der Waals surface area contributed by atoms with Crippen LogP contribution in [-0.4, -0.2) is 43.2 Å². The third kappa shape index (κ3) is 2.67. The Balaban J connectivity index is 1.79. The first kappa shape index (κ1) is 11.7. The summed E-state index contributed by atoms with van der Waals surface area (Å²) in [5.74, 6) is 1.32. The molecule has 0 saturated carbocycles. The number of rotatable bonds is 1. The number of piperidine rings is 1. The highest BCUT2D eigenvalue weighted by atomic mass is 16.2. The summed E-state index contributed by atoms with van der Waals surface area (Å²) in [6.07, 6.45) is 2.29. The summed E-state index contributed by atoms with van der Waals surface area (Å²) in [5.41, 5.74) is 0. The third-order valence-corrected chi connectivity index (χ3v) is 3.90. The van der Waals surface area contributed by atoms with E-state index in [2.05, 4.69) is 24.5 Å². The number of nitrogens with zero attached hydrogens (tertiary/aromatic N) is 1. The number of urea groups is 1. The van der Waals surface area contributed by atoms with Crippen LogP contribution in [0.2, 0.25) is 0 Å². The fourth-order valence-corrected chi connectivity index (χ4v) is 2.46. The van der Waals surface area contributed by atoms with E-state index in [1.807, 2.05) is 4.90 Å². The number of hydrogen-bond acceptors (Lipinski definition) is 2. The van der Waals surface area contributed by atoms with Gasteiger partial charge in [-0.05, 0) is 31.2 Å². The first-order valence-corrected chi connectivity index (χ1v) is 6.43. The van der Waals surface area contributed by atoms with Gasteiger partial charge < -0.3 is 15.5 Å². The van der Waals surface area contributed by atoms with Crippen molar-refractivity contribution in [1.29, 1.82) is 0 Å². The SMILES string of the molecule is CC1CCN(C(=O)NC2CNCC2C)CC1. The normalized spacial score (nSPS) is 31.8. The quantitative estimate of drug-likeness (QED) is 0.700. The van der Waals surface area contributed by atoms with Crippen molar-refractivity contribution >= 4 is 6.03 Å². The van der Waals surface area contributed by atoms with Crippen molar-refractivity contribution in [2.75, 3.05) is 26.2 Å². The van der Waals surface area contributed by atoms with Crippen LogP contribution in [0.4, 0.5) is 4.79 Å². The maximum atomic E-state index is 12.0. The van der Waals surface area contributed by atoms with Crippen LogP contribution in [0.3, 0.4) is 0 Å². The van der Waals surface area contributed by atoms with Crippen LogP contribution in [0.25, 0.3) is 0 Å². The molecule has 4 heteroatoms. The molecule has 0 aromatic carbocycles. The molecule has 0 bridgehead atoms. The fourth-order valence-electron chi connectivity index (χ4n) is 2.46. The monoisotopic (exact) mass is 225 g/mol. The molecule has 2 aliphatic rings. The molecule has 2 aliphatic heterocycles. The number of amides is 2. The molecule has 0 aliphatic carbocycles. The van der Waals surface area contributed by atoms with Crippen LogP contribution in [-0.2, 0) is 0 Å². The number of carbonyl (C=O) groups is 1. The van der Waals surface area contributed by atoms with E-state index in [9.17, 15) is 4.79 Å². The van der Waals surface area contributed by atoms with Crippen LogP contribution < -0.4 is 10.6 Å². The van der Waals surface area contributed by atoms with Crippen LogP contribution in [0.15, 0.2) is 0 Å². The molecule has 0 radical (unpaired) electrons. The summed E-state index contributed by atoms with van der Waals surface area (Å²) in [6.45, 7) is 8.21. The summed E-state index contributed by atoms with van der Waals surface area (Å²) in [4.78, 5) is 14.0. The van der Waals surface area contributed by atoms with Crippen molar-refractivity contribution in [3.8, 4) is 0 Å². The maximum Gasteiger partial charge on any atom is 0.317 e. The van der Waals surface area contributed by atoms with Gasteiger partial charge in [-0.2, -0.15) is 0 Å². The van der Waals surface area contributed by atoms with Gasteiger partial charge in [0.15, 0.2) is 0 Å². The minimum atomic E-state index is 0.132. The van der Waals surface area contributed by atoms with E-state index in [0.717, 1.165) is 44.9 Å². The molecule has 2 heterocycles. The van der Waals surface area contributed by atoms with Gasteiger partial charge in [0.25, 0.3) is 0 Å². The van der Waals surface area contributed by atoms with Crippen LogP contribution in [0.1, 0.15) is 26.7 Å². The van der Waals surface area contributed by atoms with Crippen molar-refractivity contribution in [3.05, 3.63) is 0 Å². The van der Waals surface area contributed by atoms with E-state index in [4.69, 9.17) is 0 Å². The zero-order valence-electron chi connectivity index (χ0n) is 10.3. The Morgan fingerprint density at radius 1 is 1.25 bits per heavy atom. The molecule has 2 N–H and O–H groups in total. The summed E-state index contributed by atoms with van der Waals surface area (Å²) in [6, 6.07) is 0.444. The highest BCUT2D eigenvalue weighted by Gasteiger charge is 2.27. The molecule has 2 atom stereocenters. The van der Waals surface area contributed by atoms with Gasteiger partial charge in [0.05, 0.1) is 0 Å². The second-order valence-corrected chi connectivity index (χ2v) is 5.36.